The van der Waals surface area contributed by atoms with E-state index in [0.29, 0.717) is 12.6 Å². The molecule has 0 unspecified atom stereocenters. The average Bonchev–Trinajstić information content (AvgIpc) is 2.65. The van der Waals surface area contributed by atoms with E-state index in [1.807, 2.05) is 24.3 Å². The van der Waals surface area contributed by atoms with Crippen molar-refractivity contribution < 1.29 is 9.59 Å². The van der Waals surface area contributed by atoms with Crippen molar-refractivity contribution in [2.24, 2.45) is 0 Å². The zero-order valence-corrected chi connectivity index (χ0v) is 7.44. The number of hydrogen-bond donors (Lipinski definition) is 1. The minimum absolute atomic E-state index is 0.655. The van der Waals surface area contributed by atoms with E-state index in [2.05, 4.69) is 4.98 Å². The van der Waals surface area contributed by atoms with Crippen LogP contribution < -0.4 is 0 Å². The number of carbonyl (C=O) groups excluding carboxylic acids is 2. The number of carbonyl (C=O) groups is 2. The molecule has 2 rings (SSSR count). The number of para-hydroxylation sites is 1. The van der Waals surface area contributed by atoms with Gasteiger partial charge in [0, 0.05) is 17.1 Å². The van der Waals surface area contributed by atoms with E-state index in [1.54, 1.807) is 6.20 Å². The molecule has 0 radical (unpaired) electrons. The van der Waals surface area contributed by atoms with Gasteiger partial charge < -0.3 is 14.6 Å². The van der Waals surface area contributed by atoms with Crippen LogP contribution >= 0.6 is 0 Å². The van der Waals surface area contributed by atoms with E-state index >= 15 is 0 Å². The molecular weight excluding hydrogens is 178 g/mol. The zero-order valence-electron chi connectivity index (χ0n) is 7.44. The van der Waals surface area contributed by atoms with E-state index in [4.69, 9.17) is 0 Å². The quantitative estimate of drug-likeness (QED) is 0.586. The van der Waals surface area contributed by atoms with E-state index in [-0.39, 0.29) is 0 Å². The molecule has 2 aromatic rings. The highest BCUT2D eigenvalue weighted by atomic mass is 16.1. The monoisotopic (exact) mass is 187 g/mol. The van der Waals surface area contributed by atoms with Crippen molar-refractivity contribution in [3.05, 3.63) is 36.0 Å². The van der Waals surface area contributed by atoms with Gasteiger partial charge in [-0.2, -0.15) is 0 Å². The van der Waals surface area contributed by atoms with Crippen LogP contribution in [-0.4, -0.2) is 17.6 Å². The smallest absolute Gasteiger partial charge is 0.134 e. The molecule has 1 heterocycles. The summed E-state index contributed by atoms with van der Waals surface area (Å²) in [5, 5.41) is 0.928. The van der Waals surface area contributed by atoms with Crippen molar-refractivity contribution in [1.82, 2.24) is 4.98 Å². The van der Waals surface area contributed by atoms with Crippen molar-refractivity contribution >= 4 is 23.5 Å². The molecule has 0 aliphatic heterocycles. The van der Waals surface area contributed by atoms with Crippen LogP contribution in [0.25, 0.3) is 10.9 Å². The van der Waals surface area contributed by atoms with Gasteiger partial charge in [-0.05, 0) is 11.6 Å². The standard InChI is InChI=1S/C11H9NO2/c13-6-8(7-14)10-5-12-11-4-2-1-3-9(10)11/h1-8,12H. The summed E-state index contributed by atoms with van der Waals surface area (Å²) in [6.07, 6.45) is 3.02. The van der Waals surface area contributed by atoms with Crippen molar-refractivity contribution in [2.75, 3.05) is 0 Å². The number of benzene rings is 1. The first kappa shape index (κ1) is 8.69. The molecule has 0 amide bonds. The Morgan fingerprint density at radius 2 is 1.86 bits per heavy atom. The number of H-pyrrole nitrogens is 1. The summed E-state index contributed by atoms with van der Waals surface area (Å²) in [5.74, 6) is -0.661. The van der Waals surface area contributed by atoms with Crippen molar-refractivity contribution in [3.8, 4) is 0 Å². The molecule has 70 valence electrons. The minimum Gasteiger partial charge on any atom is -0.361 e. The van der Waals surface area contributed by atoms with Crippen molar-refractivity contribution in [2.45, 2.75) is 5.92 Å². The molecule has 0 fully saturated rings. The fourth-order valence-electron chi connectivity index (χ4n) is 1.55. The second-order valence-electron chi connectivity index (χ2n) is 3.09. The highest BCUT2D eigenvalue weighted by Crippen LogP contribution is 2.22. The van der Waals surface area contributed by atoms with Crippen molar-refractivity contribution in [3.63, 3.8) is 0 Å². The average molecular weight is 187 g/mol. The van der Waals surface area contributed by atoms with Crippen LogP contribution in [0.5, 0.6) is 0 Å². The summed E-state index contributed by atoms with van der Waals surface area (Å²) in [4.78, 5) is 24.3. The van der Waals surface area contributed by atoms with Gasteiger partial charge in [-0.1, -0.05) is 18.2 Å². The Balaban J connectivity index is 2.62. The van der Waals surface area contributed by atoms with Crippen LogP contribution in [-0.2, 0) is 9.59 Å². The van der Waals surface area contributed by atoms with Crippen LogP contribution in [0.4, 0.5) is 0 Å². The van der Waals surface area contributed by atoms with Crippen LogP contribution in [0.2, 0.25) is 0 Å². The summed E-state index contributed by atoms with van der Waals surface area (Å²) in [6, 6.07) is 7.58. The number of hydrogen-bond acceptors (Lipinski definition) is 2. The number of rotatable bonds is 3. The lowest BCUT2D eigenvalue weighted by atomic mass is 10.0. The third kappa shape index (κ3) is 1.23. The number of fused-ring (bicyclic) bond motifs is 1. The summed E-state index contributed by atoms with van der Waals surface area (Å²) in [5.41, 5.74) is 1.68. The zero-order chi connectivity index (χ0) is 9.97. The van der Waals surface area contributed by atoms with Gasteiger partial charge in [0.2, 0.25) is 0 Å². The Bertz CT molecular complexity index is 465. The highest BCUT2D eigenvalue weighted by molar-refractivity contribution is 5.94. The van der Waals surface area contributed by atoms with Gasteiger partial charge in [-0.25, -0.2) is 0 Å². The Kier molecular flexibility index (Phi) is 2.14. The van der Waals surface area contributed by atoms with Crippen LogP contribution in [0.3, 0.4) is 0 Å². The second kappa shape index (κ2) is 3.46. The minimum atomic E-state index is -0.661. The summed E-state index contributed by atoms with van der Waals surface area (Å²) in [6.45, 7) is 0. The van der Waals surface area contributed by atoms with E-state index < -0.39 is 5.92 Å². The van der Waals surface area contributed by atoms with Gasteiger partial charge >= 0.3 is 0 Å². The van der Waals surface area contributed by atoms with Crippen LogP contribution in [0, 0.1) is 0 Å². The lowest BCUT2D eigenvalue weighted by Gasteiger charge is -1.98. The molecule has 0 bridgehead atoms. The highest BCUT2D eigenvalue weighted by Gasteiger charge is 2.13. The number of aldehydes is 2. The molecule has 1 aromatic carbocycles. The summed E-state index contributed by atoms with van der Waals surface area (Å²) >= 11 is 0. The van der Waals surface area contributed by atoms with Gasteiger partial charge in [0.05, 0.1) is 5.92 Å². The predicted octanol–water partition coefficient (Wildman–Crippen LogP) is 1.65. The normalized spacial score (nSPS) is 10.6. The van der Waals surface area contributed by atoms with Crippen LogP contribution in [0.15, 0.2) is 30.5 Å². The maximum absolute atomic E-state index is 10.6. The molecule has 14 heavy (non-hydrogen) atoms. The van der Waals surface area contributed by atoms with Gasteiger partial charge in [0.1, 0.15) is 12.6 Å². The third-order valence-corrected chi connectivity index (χ3v) is 2.27. The fourth-order valence-corrected chi connectivity index (χ4v) is 1.55. The molecule has 3 heteroatoms. The molecule has 0 saturated heterocycles. The predicted molar refractivity (Wildman–Crippen MR) is 53.2 cm³/mol. The fraction of sp³-hybridized carbons (Fsp3) is 0.0909. The summed E-state index contributed by atoms with van der Waals surface area (Å²) in [7, 11) is 0. The first-order valence-corrected chi connectivity index (χ1v) is 4.33. The molecule has 0 spiro atoms. The van der Waals surface area contributed by atoms with Crippen LogP contribution in [0.1, 0.15) is 11.5 Å². The van der Waals surface area contributed by atoms with Gasteiger partial charge in [0.25, 0.3) is 0 Å². The Morgan fingerprint density at radius 3 is 2.57 bits per heavy atom. The number of nitrogens with one attached hydrogen (secondary N) is 1. The van der Waals surface area contributed by atoms with Crippen molar-refractivity contribution in [1.29, 1.82) is 0 Å². The van der Waals surface area contributed by atoms with Gasteiger partial charge in [-0.15, -0.1) is 0 Å². The second-order valence-corrected chi connectivity index (χ2v) is 3.09. The lowest BCUT2D eigenvalue weighted by Crippen LogP contribution is -1.99. The SMILES string of the molecule is O=CC(C=O)c1c[nH]c2ccccc12. The largest absolute Gasteiger partial charge is 0.361 e. The van der Waals surface area contributed by atoms with E-state index in [0.717, 1.165) is 16.5 Å². The number of aromatic nitrogens is 1. The van der Waals surface area contributed by atoms with Gasteiger partial charge in [0.15, 0.2) is 0 Å². The molecule has 0 aliphatic carbocycles. The van der Waals surface area contributed by atoms with Gasteiger partial charge in [-0.3, -0.25) is 0 Å². The first-order valence-electron chi connectivity index (χ1n) is 4.33. The molecule has 1 aromatic heterocycles. The third-order valence-electron chi connectivity index (χ3n) is 2.27. The maximum atomic E-state index is 10.6. The topological polar surface area (TPSA) is 49.9 Å². The summed E-state index contributed by atoms with van der Waals surface area (Å²) < 4.78 is 0. The molecule has 0 saturated carbocycles. The lowest BCUT2D eigenvalue weighted by molar-refractivity contribution is -0.116. The first-order chi connectivity index (χ1) is 6.86. The Morgan fingerprint density at radius 1 is 1.14 bits per heavy atom. The molecular formula is C11H9NO2. The molecule has 0 aliphatic rings. The maximum Gasteiger partial charge on any atom is 0.134 e. The molecule has 0 atom stereocenters. The van der Waals surface area contributed by atoms with E-state index in [1.165, 1.54) is 0 Å². The Labute approximate surface area is 80.7 Å². The number of aromatic amines is 1. The molecule has 3 nitrogen and oxygen atoms in total. The Hall–Kier alpha value is -1.90. The van der Waals surface area contributed by atoms with E-state index in [9.17, 15) is 9.59 Å². The molecule has 1 N–H and O–H groups in total.